The lowest BCUT2D eigenvalue weighted by molar-refractivity contribution is -0.149. The second kappa shape index (κ2) is 12.3. The van der Waals surface area contributed by atoms with E-state index in [0.717, 1.165) is 16.5 Å². The largest absolute Gasteiger partial charge is 0.480 e. The summed E-state index contributed by atoms with van der Waals surface area (Å²) in [7, 11) is 0. The quantitative estimate of drug-likeness (QED) is 0.245. The number of aliphatic carboxylic acids is 1. The number of carbonyl (C=O) groups is 4. The van der Waals surface area contributed by atoms with Crippen LogP contribution in [0.25, 0.3) is 10.9 Å². The van der Waals surface area contributed by atoms with E-state index in [1.165, 1.54) is 4.90 Å². The Kier molecular flexibility index (Phi) is 9.38. The van der Waals surface area contributed by atoms with Crippen molar-refractivity contribution in [3.05, 3.63) is 36.0 Å². The SMILES string of the molecule is CC(C)CC(NC(=O)C(CS)NC(=O)C(N)Cc1c[nH]c2ccccc12)C(=O)N1CCCC1C(=O)O. The lowest BCUT2D eigenvalue weighted by Gasteiger charge is -2.29. The molecule has 196 valence electrons. The average Bonchev–Trinajstić information content (AvgIpc) is 3.49. The molecule has 1 aromatic carbocycles. The number of carboxylic acid groups (broad SMARTS) is 1. The van der Waals surface area contributed by atoms with Crippen LogP contribution in [0.5, 0.6) is 0 Å². The summed E-state index contributed by atoms with van der Waals surface area (Å²) < 4.78 is 0. The maximum atomic E-state index is 13.2. The van der Waals surface area contributed by atoms with E-state index in [4.69, 9.17) is 5.73 Å². The number of aromatic nitrogens is 1. The van der Waals surface area contributed by atoms with Crippen LogP contribution < -0.4 is 16.4 Å². The number of amides is 3. The second-order valence-electron chi connectivity index (χ2n) is 9.63. The van der Waals surface area contributed by atoms with Gasteiger partial charge in [-0.25, -0.2) is 4.79 Å². The summed E-state index contributed by atoms with van der Waals surface area (Å²) in [6, 6.07) is 3.98. The minimum Gasteiger partial charge on any atom is -0.480 e. The van der Waals surface area contributed by atoms with Crippen molar-refractivity contribution < 1.29 is 24.3 Å². The van der Waals surface area contributed by atoms with Crippen molar-refractivity contribution in [2.24, 2.45) is 11.7 Å². The molecule has 10 nitrogen and oxygen atoms in total. The number of carbonyl (C=O) groups excluding carboxylic acids is 3. The maximum Gasteiger partial charge on any atom is 0.326 e. The summed E-state index contributed by atoms with van der Waals surface area (Å²) >= 11 is 4.21. The predicted octanol–water partition coefficient (Wildman–Crippen LogP) is 1.06. The fraction of sp³-hybridized carbons (Fsp3) is 0.520. The monoisotopic (exact) mass is 517 g/mol. The van der Waals surface area contributed by atoms with E-state index in [2.05, 4.69) is 28.2 Å². The molecule has 2 heterocycles. The van der Waals surface area contributed by atoms with Crippen molar-refractivity contribution in [1.29, 1.82) is 0 Å². The molecule has 1 aromatic heterocycles. The van der Waals surface area contributed by atoms with Gasteiger partial charge in [-0.1, -0.05) is 32.0 Å². The Morgan fingerprint density at radius 3 is 2.53 bits per heavy atom. The number of hydrogen-bond acceptors (Lipinski definition) is 6. The normalized spacial score (nSPS) is 18.1. The molecule has 0 radical (unpaired) electrons. The number of nitrogens with one attached hydrogen (secondary N) is 3. The van der Waals surface area contributed by atoms with Gasteiger partial charge in [-0.05, 0) is 43.2 Å². The topological polar surface area (TPSA) is 158 Å². The highest BCUT2D eigenvalue weighted by Gasteiger charge is 2.38. The summed E-state index contributed by atoms with van der Waals surface area (Å²) in [5.74, 6) is -2.49. The zero-order chi connectivity index (χ0) is 26.4. The molecule has 0 aliphatic carbocycles. The van der Waals surface area contributed by atoms with Crippen LogP contribution in [0.1, 0.15) is 38.7 Å². The van der Waals surface area contributed by atoms with E-state index in [0.29, 0.717) is 25.8 Å². The lowest BCUT2D eigenvalue weighted by Crippen LogP contribution is -2.58. The van der Waals surface area contributed by atoms with E-state index < -0.39 is 47.9 Å². The molecule has 0 bridgehead atoms. The number of rotatable bonds is 11. The van der Waals surface area contributed by atoms with Crippen molar-refractivity contribution in [1.82, 2.24) is 20.5 Å². The van der Waals surface area contributed by atoms with Gasteiger partial charge in [0.25, 0.3) is 0 Å². The van der Waals surface area contributed by atoms with E-state index in [-0.39, 0.29) is 18.1 Å². The molecule has 1 aliphatic heterocycles. The number of H-pyrrole nitrogens is 1. The Morgan fingerprint density at radius 1 is 1.17 bits per heavy atom. The van der Waals surface area contributed by atoms with Gasteiger partial charge in [0.15, 0.2) is 0 Å². The molecule has 1 saturated heterocycles. The first kappa shape index (κ1) is 27.5. The lowest BCUT2D eigenvalue weighted by atomic mass is 10.0. The number of nitrogens with two attached hydrogens (primary N) is 1. The summed E-state index contributed by atoms with van der Waals surface area (Å²) in [5, 5.41) is 15.8. The Hall–Kier alpha value is -3.05. The third-order valence-electron chi connectivity index (χ3n) is 6.41. The first-order valence-corrected chi connectivity index (χ1v) is 12.8. The van der Waals surface area contributed by atoms with Gasteiger partial charge >= 0.3 is 5.97 Å². The van der Waals surface area contributed by atoms with Crippen LogP contribution in [0.2, 0.25) is 0 Å². The second-order valence-corrected chi connectivity index (χ2v) is 10.00. The van der Waals surface area contributed by atoms with Crippen LogP contribution >= 0.6 is 12.6 Å². The number of para-hydroxylation sites is 1. The first-order valence-electron chi connectivity index (χ1n) is 12.2. The van der Waals surface area contributed by atoms with Crippen molar-refractivity contribution in [2.45, 2.75) is 63.7 Å². The molecule has 2 aromatic rings. The number of hydrogen-bond donors (Lipinski definition) is 6. The highest BCUT2D eigenvalue weighted by molar-refractivity contribution is 7.80. The molecule has 0 saturated carbocycles. The van der Waals surface area contributed by atoms with Crippen molar-refractivity contribution in [3.8, 4) is 0 Å². The standard InChI is InChI=1S/C25H35N5O5S/c1-14(2)10-19(24(33)30-9-5-8-21(30)25(34)35)28-23(32)20(13-36)29-22(31)17(26)11-15-12-27-18-7-4-3-6-16(15)18/h3-4,6-7,12,14,17,19-21,27,36H,5,8-11,13,26H2,1-2H3,(H,28,32)(H,29,31)(H,34,35). The van der Waals surface area contributed by atoms with E-state index in [9.17, 15) is 24.3 Å². The zero-order valence-electron chi connectivity index (χ0n) is 20.6. The van der Waals surface area contributed by atoms with Gasteiger partial charge in [-0.15, -0.1) is 0 Å². The van der Waals surface area contributed by atoms with Crippen LogP contribution in [0.4, 0.5) is 0 Å². The van der Waals surface area contributed by atoms with Gasteiger partial charge in [0.2, 0.25) is 17.7 Å². The molecule has 6 N–H and O–H groups in total. The smallest absolute Gasteiger partial charge is 0.326 e. The van der Waals surface area contributed by atoms with Crippen LogP contribution in [-0.2, 0) is 25.6 Å². The third kappa shape index (κ3) is 6.58. The number of aromatic amines is 1. The van der Waals surface area contributed by atoms with Crippen molar-refractivity contribution in [2.75, 3.05) is 12.3 Å². The fourth-order valence-corrected chi connectivity index (χ4v) is 4.81. The van der Waals surface area contributed by atoms with Crippen molar-refractivity contribution >= 4 is 47.2 Å². The Labute approximate surface area is 215 Å². The van der Waals surface area contributed by atoms with Crippen LogP contribution in [0, 0.1) is 5.92 Å². The number of nitrogens with zero attached hydrogens (tertiary/aromatic N) is 1. The highest BCUT2D eigenvalue weighted by atomic mass is 32.1. The summed E-state index contributed by atoms with van der Waals surface area (Å²) in [6.07, 6.45) is 3.39. The maximum absolute atomic E-state index is 13.2. The zero-order valence-corrected chi connectivity index (χ0v) is 21.5. The molecular weight excluding hydrogens is 482 g/mol. The molecular formula is C25H35N5O5S. The third-order valence-corrected chi connectivity index (χ3v) is 6.77. The Balaban J connectivity index is 1.64. The number of fused-ring (bicyclic) bond motifs is 1. The van der Waals surface area contributed by atoms with Crippen molar-refractivity contribution in [3.63, 3.8) is 0 Å². The highest BCUT2D eigenvalue weighted by Crippen LogP contribution is 2.21. The molecule has 36 heavy (non-hydrogen) atoms. The molecule has 0 spiro atoms. The molecule has 3 amide bonds. The minimum absolute atomic E-state index is 0.00142. The van der Waals surface area contributed by atoms with Gasteiger partial charge in [0.05, 0.1) is 6.04 Å². The van der Waals surface area contributed by atoms with E-state index in [1.54, 1.807) is 0 Å². The number of carboxylic acids is 1. The molecule has 4 atom stereocenters. The number of thiol groups is 1. The van der Waals surface area contributed by atoms with Crippen LogP contribution in [0.15, 0.2) is 30.5 Å². The van der Waals surface area contributed by atoms with E-state index in [1.807, 2.05) is 44.3 Å². The van der Waals surface area contributed by atoms with E-state index >= 15 is 0 Å². The molecule has 11 heteroatoms. The van der Waals surface area contributed by atoms with Gasteiger partial charge in [-0.2, -0.15) is 12.6 Å². The molecule has 4 unspecified atom stereocenters. The summed E-state index contributed by atoms with van der Waals surface area (Å²) in [6.45, 7) is 4.15. The van der Waals surface area contributed by atoms with Gasteiger partial charge < -0.3 is 31.4 Å². The summed E-state index contributed by atoms with van der Waals surface area (Å²) in [5.41, 5.74) is 7.98. The average molecular weight is 518 g/mol. The molecule has 1 aliphatic rings. The number of likely N-dealkylation sites (tertiary alicyclic amines) is 1. The molecule has 3 rings (SSSR count). The van der Waals surface area contributed by atoms with Crippen LogP contribution in [0.3, 0.4) is 0 Å². The Morgan fingerprint density at radius 2 is 1.86 bits per heavy atom. The Bertz CT molecular complexity index is 1100. The van der Waals surface area contributed by atoms with Gasteiger partial charge in [-0.3, -0.25) is 14.4 Å². The van der Waals surface area contributed by atoms with Gasteiger partial charge in [0.1, 0.15) is 18.1 Å². The number of benzene rings is 1. The molecule has 1 fully saturated rings. The fourth-order valence-electron chi connectivity index (χ4n) is 4.56. The predicted molar refractivity (Wildman–Crippen MR) is 140 cm³/mol. The van der Waals surface area contributed by atoms with Crippen LogP contribution in [-0.4, -0.2) is 75.1 Å². The minimum atomic E-state index is -1.06. The summed E-state index contributed by atoms with van der Waals surface area (Å²) in [4.78, 5) is 55.0. The first-order chi connectivity index (χ1) is 17.1. The van der Waals surface area contributed by atoms with Gasteiger partial charge in [0, 0.05) is 29.4 Å².